The maximum atomic E-state index is 12.4. The Morgan fingerprint density at radius 1 is 1.21 bits per heavy atom. The van der Waals surface area contributed by atoms with Crippen LogP contribution in [0.3, 0.4) is 0 Å². The third kappa shape index (κ3) is 8.91. The molecule has 3 amide bonds. The van der Waals surface area contributed by atoms with E-state index in [-0.39, 0.29) is 30.8 Å². The zero-order valence-corrected chi connectivity index (χ0v) is 22.9. The zero-order valence-electron chi connectivity index (χ0n) is 22.2. The van der Waals surface area contributed by atoms with Gasteiger partial charge in [-0.1, -0.05) is 11.6 Å². The van der Waals surface area contributed by atoms with Crippen molar-refractivity contribution in [3.05, 3.63) is 53.6 Å². The van der Waals surface area contributed by atoms with Gasteiger partial charge in [0.1, 0.15) is 12.9 Å². The van der Waals surface area contributed by atoms with Crippen LogP contribution in [0.4, 0.5) is 21.9 Å². The van der Waals surface area contributed by atoms with Crippen LogP contribution in [0.5, 0.6) is 0 Å². The first kappa shape index (κ1) is 30.3. The number of benzene rings is 2. The van der Waals surface area contributed by atoms with E-state index in [1.54, 1.807) is 36.3 Å². The molecule has 212 valence electrons. The summed E-state index contributed by atoms with van der Waals surface area (Å²) in [5.74, 6) is 0.0263. The molecule has 4 N–H and O–H groups in total. The molecule has 2 aliphatic heterocycles. The first-order chi connectivity index (χ1) is 18.9. The van der Waals surface area contributed by atoms with E-state index >= 15 is 0 Å². The number of carbonyl (C=O) groups excluding carboxylic acids is 3. The van der Waals surface area contributed by atoms with E-state index < -0.39 is 6.04 Å². The number of rotatable bonds is 9. The van der Waals surface area contributed by atoms with E-state index in [4.69, 9.17) is 31.5 Å². The van der Waals surface area contributed by atoms with Crippen molar-refractivity contribution >= 4 is 46.9 Å². The second kappa shape index (κ2) is 15.4. The minimum absolute atomic E-state index is 0.0263. The van der Waals surface area contributed by atoms with E-state index in [0.717, 1.165) is 17.7 Å². The molecular formula is C27H36ClN5O6. The Hall–Kier alpha value is -3.22. The summed E-state index contributed by atoms with van der Waals surface area (Å²) in [7, 11) is 3.44. The van der Waals surface area contributed by atoms with Gasteiger partial charge < -0.3 is 45.2 Å². The van der Waals surface area contributed by atoms with Gasteiger partial charge in [-0.15, -0.1) is 0 Å². The molecule has 0 spiro atoms. The molecule has 3 unspecified atom stereocenters. The van der Waals surface area contributed by atoms with Gasteiger partial charge in [-0.25, -0.2) is 4.79 Å². The molecule has 0 aromatic heterocycles. The molecule has 0 bridgehead atoms. The molecule has 2 fully saturated rings. The Morgan fingerprint density at radius 3 is 2.49 bits per heavy atom. The van der Waals surface area contributed by atoms with Crippen LogP contribution in [0.25, 0.3) is 0 Å². The summed E-state index contributed by atoms with van der Waals surface area (Å²) in [5.41, 5.74) is 8.13. The average Bonchev–Trinajstić information content (AvgIpc) is 3.39. The summed E-state index contributed by atoms with van der Waals surface area (Å²) in [6.45, 7) is 2.45. The molecule has 2 aliphatic rings. The molecular weight excluding hydrogens is 526 g/mol. The maximum absolute atomic E-state index is 12.4. The fourth-order valence-corrected chi connectivity index (χ4v) is 4.24. The molecule has 39 heavy (non-hydrogen) atoms. The van der Waals surface area contributed by atoms with Crippen LogP contribution in [-0.4, -0.2) is 95.0 Å². The Balaban J connectivity index is 0.000000239. The first-order valence-corrected chi connectivity index (χ1v) is 13.0. The number of amides is 3. The Kier molecular flexibility index (Phi) is 12.0. The second-order valence-corrected chi connectivity index (χ2v) is 9.41. The lowest BCUT2D eigenvalue weighted by Gasteiger charge is -2.26. The van der Waals surface area contributed by atoms with Gasteiger partial charge in [0.2, 0.25) is 0 Å². The number of carbonyl (C=O) groups is 3. The van der Waals surface area contributed by atoms with Gasteiger partial charge in [-0.3, -0.25) is 4.79 Å². The number of hydrogen-bond acceptors (Lipinski definition) is 8. The van der Waals surface area contributed by atoms with Crippen molar-refractivity contribution in [2.75, 3.05) is 69.1 Å². The number of nitrogens with zero attached hydrogens (tertiary/aromatic N) is 2. The number of hydrogen-bond donors (Lipinski definition) is 3. The molecule has 11 nitrogen and oxygen atoms in total. The number of morpholine rings is 1. The number of aldehydes is 1. The maximum Gasteiger partial charge on any atom is 0.322 e. The summed E-state index contributed by atoms with van der Waals surface area (Å²) < 4.78 is 15.9. The quantitative estimate of drug-likeness (QED) is 0.398. The van der Waals surface area contributed by atoms with Crippen LogP contribution in [0.2, 0.25) is 5.02 Å². The molecule has 12 heteroatoms. The molecule has 3 atom stereocenters. The van der Waals surface area contributed by atoms with Gasteiger partial charge in [0.15, 0.2) is 0 Å². The average molecular weight is 562 g/mol. The van der Waals surface area contributed by atoms with Crippen molar-refractivity contribution in [2.24, 2.45) is 5.73 Å². The topological polar surface area (TPSA) is 135 Å². The van der Waals surface area contributed by atoms with Crippen LogP contribution in [0.15, 0.2) is 48.5 Å². The summed E-state index contributed by atoms with van der Waals surface area (Å²) in [4.78, 5) is 38.4. The van der Waals surface area contributed by atoms with E-state index in [1.807, 2.05) is 31.3 Å². The minimum Gasteiger partial charge on any atom is -0.388 e. The Labute approximate surface area is 233 Å². The summed E-state index contributed by atoms with van der Waals surface area (Å²) >= 11 is 5.82. The van der Waals surface area contributed by atoms with Crippen LogP contribution in [0, 0.1) is 0 Å². The molecule has 2 aromatic carbocycles. The van der Waals surface area contributed by atoms with Crippen molar-refractivity contribution < 1.29 is 28.6 Å². The van der Waals surface area contributed by atoms with E-state index in [1.165, 1.54) is 4.90 Å². The predicted molar refractivity (Wildman–Crippen MR) is 150 cm³/mol. The fourth-order valence-electron chi connectivity index (χ4n) is 4.11. The van der Waals surface area contributed by atoms with Gasteiger partial charge in [0.25, 0.3) is 5.91 Å². The number of anilines is 3. The van der Waals surface area contributed by atoms with Crippen molar-refractivity contribution in [2.45, 2.75) is 24.7 Å². The SMILES string of the molecule is CNc1ccc(N2CCOCC2=O)cc1.COC(CN)COC1CC(C=O)N(C(=O)Nc2ccc(Cl)cc2)C1. The number of halogens is 1. The van der Waals surface area contributed by atoms with Crippen molar-refractivity contribution in [3.8, 4) is 0 Å². The minimum atomic E-state index is -0.513. The highest BCUT2D eigenvalue weighted by Crippen LogP contribution is 2.22. The van der Waals surface area contributed by atoms with Crippen LogP contribution in [0.1, 0.15) is 6.42 Å². The normalized spacial score (nSPS) is 19.6. The first-order valence-electron chi connectivity index (χ1n) is 12.7. The molecule has 2 saturated heterocycles. The number of nitrogens with one attached hydrogen (secondary N) is 2. The third-order valence-corrected chi connectivity index (χ3v) is 6.64. The van der Waals surface area contributed by atoms with Crippen LogP contribution < -0.4 is 21.3 Å². The van der Waals surface area contributed by atoms with Crippen molar-refractivity contribution in [1.82, 2.24) is 4.90 Å². The molecule has 2 aromatic rings. The third-order valence-electron chi connectivity index (χ3n) is 6.39. The Morgan fingerprint density at radius 2 is 1.90 bits per heavy atom. The monoisotopic (exact) mass is 561 g/mol. The molecule has 0 aliphatic carbocycles. The molecule has 0 saturated carbocycles. The molecule has 4 rings (SSSR count). The van der Waals surface area contributed by atoms with Gasteiger partial charge in [0.05, 0.1) is 31.5 Å². The summed E-state index contributed by atoms with van der Waals surface area (Å²) in [6, 6.07) is 13.7. The fraction of sp³-hybridized carbons (Fsp3) is 0.444. The van der Waals surface area contributed by atoms with Crippen molar-refractivity contribution in [3.63, 3.8) is 0 Å². The highest BCUT2D eigenvalue weighted by Gasteiger charge is 2.36. The number of nitrogens with two attached hydrogens (primary N) is 1. The van der Waals surface area contributed by atoms with Crippen LogP contribution >= 0.6 is 11.6 Å². The molecule has 0 radical (unpaired) electrons. The second-order valence-electron chi connectivity index (χ2n) is 8.97. The number of likely N-dealkylation sites (tertiary alicyclic amines) is 1. The Bertz CT molecular complexity index is 1070. The number of ether oxygens (including phenoxy) is 3. The lowest BCUT2D eigenvalue weighted by Crippen LogP contribution is -2.41. The standard InChI is InChI=1S/C16H22ClN3O4.C11H14N2O2/c1-23-15(7-18)10-24-14-6-13(9-21)20(8-14)16(22)19-12-4-2-11(17)3-5-12;1-12-9-2-4-10(5-3-9)13-6-7-15-8-11(13)14/h2-5,9,13-15H,6-8,10,18H2,1H3,(H,19,22);2-5,12H,6-8H2,1H3. The van der Waals surface area contributed by atoms with Gasteiger partial charge in [0, 0.05) is 62.3 Å². The van der Waals surface area contributed by atoms with E-state index in [9.17, 15) is 14.4 Å². The van der Waals surface area contributed by atoms with E-state index in [2.05, 4.69) is 10.6 Å². The van der Waals surface area contributed by atoms with E-state index in [0.29, 0.717) is 50.0 Å². The highest BCUT2D eigenvalue weighted by atomic mass is 35.5. The smallest absolute Gasteiger partial charge is 0.322 e. The lowest BCUT2D eigenvalue weighted by atomic mass is 10.2. The predicted octanol–water partition coefficient (Wildman–Crippen LogP) is 2.60. The largest absolute Gasteiger partial charge is 0.388 e. The number of methoxy groups -OCH3 is 1. The van der Waals surface area contributed by atoms with Gasteiger partial charge in [-0.05, 0) is 48.5 Å². The zero-order chi connectivity index (χ0) is 28.2. The lowest BCUT2D eigenvalue weighted by molar-refractivity contribution is -0.125. The summed E-state index contributed by atoms with van der Waals surface area (Å²) in [6.07, 6.45) is 0.803. The van der Waals surface area contributed by atoms with Gasteiger partial charge >= 0.3 is 6.03 Å². The van der Waals surface area contributed by atoms with Crippen molar-refractivity contribution in [1.29, 1.82) is 0 Å². The highest BCUT2D eigenvalue weighted by molar-refractivity contribution is 6.30. The van der Waals surface area contributed by atoms with Crippen LogP contribution in [-0.2, 0) is 23.8 Å². The number of urea groups is 1. The summed E-state index contributed by atoms with van der Waals surface area (Å²) in [5, 5.41) is 6.38. The van der Waals surface area contributed by atoms with Gasteiger partial charge in [-0.2, -0.15) is 0 Å². The molecule has 2 heterocycles.